The van der Waals surface area contributed by atoms with E-state index in [0.717, 1.165) is 11.1 Å². The third-order valence-electron chi connectivity index (χ3n) is 4.79. The molecule has 0 unspecified atom stereocenters. The van der Waals surface area contributed by atoms with Crippen molar-refractivity contribution >= 4 is 11.6 Å². The SMILES string of the molecule is COc1ccc(C)cc1NC(=O)[C@@H](c1ccccc1)N1C[C@@H](C)O[C@@H](C)C1. The van der Waals surface area contributed by atoms with E-state index < -0.39 is 0 Å². The molecule has 2 aromatic rings. The van der Waals surface area contributed by atoms with Gasteiger partial charge in [-0.1, -0.05) is 36.4 Å². The number of ether oxygens (including phenoxy) is 2. The summed E-state index contributed by atoms with van der Waals surface area (Å²) >= 11 is 0. The molecule has 1 aliphatic rings. The van der Waals surface area contributed by atoms with E-state index in [2.05, 4.69) is 10.2 Å². The predicted molar refractivity (Wildman–Crippen MR) is 107 cm³/mol. The molecular formula is C22H28N2O3. The van der Waals surface area contributed by atoms with E-state index in [9.17, 15) is 4.79 Å². The van der Waals surface area contributed by atoms with Gasteiger partial charge >= 0.3 is 0 Å². The normalized spacial score (nSPS) is 21.5. The van der Waals surface area contributed by atoms with Crippen LogP contribution in [-0.2, 0) is 9.53 Å². The number of nitrogens with zero attached hydrogens (tertiary/aromatic N) is 1. The van der Waals surface area contributed by atoms with Gasteiger partial charge in [-0.05, 0) is 44.0 Å². The van der Waals surface area contributed by atoms with Gasteiger partial charge in [0.25, 0.3) is 0 Å². The van der Waals surface area contributed by atoms with Crippen molar-refractivity contribution in [3.8, 4) is 5.75 Å². The molecule has 0 saturated carbocycles. The van der Waals surface area contributed by atoms with Crippen LogP contribution < -0.4 is 10.1 Å². The number of benzene rings is 2. The Morgan fingerprint density at radius 2 is 1.81 bits per heavy atom. The van der Waals surface area contributed by atoms with Crippen LogP contribution in [-0.4, -0.2) is 43.2 Å². The van der Waals surface area contributed by atoms with Crippen molar-refractivity contribution in [1.82, 2.24) is 4.90 Å². The Labute approximate surface area is 161 Å². The van der Waals surface area contributed by atoms with Crippen molar-refractivity contribution in [2.75, 3.05) is 25.5 Å². The van der Waals surface area contributed by atoms with Gasteiger partial charge in [-0.2, -0.15) is 0 Å². The maximum Gasteiger partial charge on any atom is 0.246 e. The van der Waals surface area contributed by atoms with Crippen LogP contribution in [0, 0.1) is 6.92 Å². The van der Waals surface area contributed by atoms with Crippen molar-refractivity contribution in [2.45, 2.75) is 39.0 Å². The van der Waals surface area contributed by atoms with Crippen LogP contribution in [0.5, 0.6) is 5.75 Å². The van der Waals surface area contributed by atoms with E-state index in [0.29, 0.717) is 24.5 Å². The number of amides is 1. The topological polar surface area (TPSA) is 50.8 Å². The minimum absolute atomic E-state index is 0.0635. The zero-order chi connectivity index (χ0) is 19.4. The highest BCUT2D eigenvalue weighted by Crippen LogP contribution is 2.30. The molecule has 0 aliphatic carbocycles. The lowest BCUT2D eigenvalue weighted by atomic mass is 10.0. The fourth-order valence-electron chi connectivity index (χ4n) is 3.71. The minimum atomic E-state index is -0.384. The number of aryl methyl sites for hydroxylation is 1. The molecule has 144 valence electrons. The van der Waals surface area contributed by atoms with Crippen LogP contribution in [0.15, 0.2) is 48.5 Å². The van der Waals surface area contributed by atoms with Crippen molar-refractivity contribution in [1.29, 1.82) is 0 Å². The number of carbonyl (C=O) groups excluding carboxylic acids is 1. The Balaban J connectivity index is 1.91. The number of rotatable bonds is 5. The molecule has 2 aromatic carbocycles. The van der Waals surface area contributed by atoms with Crippen LogP contribution in [0.1, 0.15) is 31.0 Å². The first-order valence-electron chi connectivity index (χ1n) is 9.38. The molecule has 3 atom stereocenters. The average Bonchev–Trinajstić information content (AvgIpc) is 2.62. The Morgan fingerprint density at radius 1 is 1.15 bits per heavy atom. The van der Waals surface area contributed by atoms with Gasteiger partial charge in [0, 0.05) is 13.1 Å². The molecule has 0 aromatic heterocycles. The minimum Gasteiger partial charge on any atom is -0.495 e. The van der Waals surface area contributed by atoms with Crippen LogP contribution >= 0.6 is 0 Å². The summed E-state index contributed by atoms with van der Waals surface area (Å²) in [6.07, 6.45) is 0.169. The van der Waals surface area contributed by atoms with Gasteiger partial charge in [-0.3, -0.25) is 9.69 Å². The Hall–Kier alpha value is -2.37. The number of methoxy groups -OCH3 is 1. The molecule has 0 bridgehead atoms. The lowest BCUT2D eigenvalue weighted by molar-refractivity contribution is -0.128. The van der Waals surface area contributed by atoms with Gasteiger partial charge in [0.15, 0.2) is 0 Å². The van der Waals surface area contributed by atoms with E-state index in [1.165, 1.54) is 0 Å². The number of anilines is 1. The van der Waals surface area contributed by atoms with Crippen LogP contribution in [0.4, 0.5) is 5.69 Å². The quantitative estimate of drug-likeness (QED) is 0.872. The summed E-state index contributed by atoms with van der Waals surface area (Å²) in [5.74, 6) is 0.593. The van der Waals surface area contributed by atoms with E-state index in [1.54, 1.807) is 7.11 Å². The van der Waals surface area contributed by atoms with Crippen LogP contribution in [0.25, 0.3) is 0 Å². The van der Waals surface area contributed by atoms with Gasteiger partial charge in [0.2, 0.25) is 5.91 Å². The molecule has 1 aliphatic heterocycles. The molecule has 0 spiro atoms. The third-order valence-corrected chi connectivity index (χ3v) is 4.79. The maximum atomic E-state index is 13.4. The molecule has 1 heterocycles. The molecule has 3 rings (SSSR count). The first kappa shape index (κ1) is 19.4. The lowest BCUT2D eigenvalue weighted by Crippen LogP contribution is -2.49. The molecule has 5 nitrogen and oxygen atoms in total. The predicted octanol–water partition coefficient (Wildman–Crippen LogP) is 3.79. The summed E-state index contributed by atoms with van der Waals surface area (Å²) in [5, 5.41) is 3.08. The van der Waals surface area contributed by atoms with Gasteiger partial charge in [0.05, 0.1) is 25.0 Å². The summed E-state index contributed by atoms with van der Waals surface area (Å²) in [4.78, 5) is 15.6. The van der Waals surface area contributed by atoms with E-state index in [-0.39, 0.29) is 24.2 Å². The number of hydrogen-bond acceptors (Lipinski definition) is 4. The van der Waals surface area contributed by atoms with E-state index in [4.69, 9.17) is 9.47 Å². The molecular weight excluding hydrogens is 340 g/mol. The number of carbonyl (C=O) groups is 1. The first-order valence-corrected chi connectivity index (χ1v) is 9.38. The maximum absolute atomic E-state index is 13.4. The molecule has 5 heteroatoms. The second kappa shape index (κ2) is 8.55. The smallest absolute Gasteiger partial charge is 0.246 e. The Kier molecular flexibility index (Phi) is 6.14. The highest BCUT2D eigenvalue weighted by atomic mass is 16.5. The van der Waals surface area contributed by atoms with E-state index >= 15 is 0 Å². The lowest BCUT2D eigenvalue weighted by Gasteiger charge is -2.39. The molecule has 0 radical (unpaired) electrons. The van der Waals surface area contributed by atoms with Crippen LogP contribution in [0.2, 0.25) is 0 Å². The summed E-state index contributed by atoms with van der Waals surface area (Å²) in [6, 6.07) is 15.3. The second-order valence-electron chi connectivity index (χ2n) is 7.22. The first-order chi connectivity index (χ1) is 13.0. The summed E-state index contributed by atoms with van der Waals surface area (Å²) < 4.78 is 11.3. The number of morpholine rings is 1. The van der Waals surface area contributed by atoms with E-state index in [1.807, 2.05) is 69.3 Å². The van der Waals surface area contributed by atoms with Crippen molar-refractivity contribution < 1.29 is 14.3 Å². The fourth-order valence-corrected chi connectivity index (χ4v) is 3.71. The second-order valence-corrected chi connectivity index (χ2v) is 7.22. The van der Waals surface area contributed by atoms with Gasteiger partial charge in [0.1, 0.15) is 11.8 Å². The zero-order valence-corrected chi connectivity index (χ0v) is 16.4. The molecule has 1 fully saturated rings. The molecule has 1 N–H and O–H groups in total. The summed E-state index contributed by atoms with van der Waals surface area (Å²) in [5.41, 5.74) is 2.73. The van der Waals surface area contributed by atoms with Crippen LogP contribution in [0.3, 0.4) is 0 Å². The average molecular weight is 368 g/mol. The Bertz CT molecular complexity index is 768. The molecule has 27 heavy (non-hydrogen) atoms. The molecule has 1 amide bonds. The summed E-state index contributed by atoms with van der Waals surface area (Å²) in [6.45, 7) is 7.51. The highest BCUT2D eigenvalue weighted by Gasteiger charge is 2.33. The summed E-state index contributed by atoms with van der Waals surface area (Å²) in [7, 11) is 1.61. The van der Waals surface area contributed by atoms with Gasteiger partial charge in [-0.25, -0.2) is 0 Å². The standard InChI is InChI=1S/C22H28N2O3/c1-15-10-11-20(26-4)19(12-15)23-22(25)21(18-8-6-5-7-9-18)24-13-16(2)27-17(3)14-24/h5-12,16-17,21H,13-14H2,1-4H3,(H,23,25)/t16-,17+,21-/m1/s1. The fraction of sp³-hybridized carbons (Fsp3) is 0.409. The van der Waals surface area contributed by atoms with Crippen molar-refractivity contribution in [3.05, 3.63) is 59.7 Å². The van der Waals surface area contributed by atoms with Gasteiger partial charge in [-0.15, -0.1) is 0 Å². The monoisotopic (exact) mass is 368 g/mol. The van der Waals surface area contributed by atoms with Gasteiger partial charge < -0.3 is 14.8 Å². The third kappa shape index (κ3) is 4.67. The zero-order valence-electron chi connectivity index (χ0n) is 16.4. The molecule has 1 saturated heterocycles. The number of nitrogens with one attached hydrogen (secondary N) is 1. The van der Waals surface area contributed by atoms with Crippen molar-refractivity contribution in [3.63, 3.8) is 0 Å². The largest absolute Gasteiger partial charge is 0.495 e. The number of hydrogen-bond donors (Lipinski definition) is 1. The highest BCUT2D eigenvalue weighted by molar-refractivity contribution is 5.96. The van der Waals surface area contributed by atoms with Crippen molar-refractivity contribution in [2.24, 2.45) is 0 Å². The Morgan fingerprint density at radius 3 is 2.44 bits per heavy atom.